The highest BCUT2D eigenvalue weighted by atomic mass is 16.5. The number of aromatic nitrogens is 1. The number of ether oxygens (including phenoxy) is 1. The summed E-state index contributed by atoms with van der Waals surface area (Å²) in [5, 5.41) is 3.05. The Morgan fingerprint density at radius 1 is 1.20 bits per heavy atom. The molecule has 4 rings (SSSR count). The lowest BCUT2D eigenvalue weighted by molar-refractivity contribution is 0.0730. The summed E-state index contributed by atoms with van der Waals surface area (Å²) in [7, 11) is 0. The molecule has 2 aromatic rings. The lowest BCUT2D eigenvalue weighted by atomic mass is 10.00. The summed E-state index contributed by atoms with van der Waals surface area (Å²) in [5.41, 5.74) is 2.00. The first kappa shape index (κ1) is 15.9. The van der Waals surface area contributed by atoms with Crippen molar-refractivity contribution in [1.82, 2.24) is 9.88 Å². The molecule has 25 heavy (non-hydrogen) atoms. The van der Waals surface area contributed by atoms with Gasteiger partial charge in [0.05, 0.1) is 6.20 Å². The molecule has 2 aliphatic rings. The van der Waals surface area contributed by atoms with Crippen LogP contribution in [-0.2, 0) is 0 Å². The van der Waals surface area contributed by atoms with E-state index >= 15 is 0 Å². The Kier molecular flexibility index (Phi) is 4.30. The monoisotopic (exact) mass is 337 g/mol. The van der Waals surface area contributed by atoms with Gasteiger partial charge in [-0.1, -0.05) is 12.1 Å². The molecule has 0 saturated carbocycles. The van der Waals surface area contributed by atoms with Gasteiger partial charge in [-0.15, -0.1) is 0 Å². The highest BCUT2D eigenvalue weighted by molar-refractivity contribution is 5.90. The standard InChI is InChI=1S/C20H23N3O2/c1-14-4-2-5-15(10-14)22-20(24)23-16-7-8-17(23)12-19(11-16)25-18-6-3-9-21-13-18/h2-6,9-10,13,16-17,19H,7-8,11-12H2,1H3,(H,22,24). The van der Waals surface area contributed by atoms with E-state index in [-0.39, 0.29) is 24.2 Å². The molecule has 1 aromatic carbocycles. The third kappa shape index (κ3) is 3.45. The van der Waals surface area contributed by atoms with Crippen molar-refractivity contribution in [3.8, 4) is 5.75 Å². The van der Waals surface area contributed by atoms with Crippen LogP contribution in [-0.4, -0.2) is 34.1 Å². The van der Waals surface area contributed by atoms with Gasteiger partial charge in [-0.2, -0.15) is 0 Å². The fourth-order valence-electron chi connectivity index (χ4n) is 4.08. The summed E-state index contributed by atoms with van der Waals surface area (Å²) in [6, 6.07) is 12.3. The maximum absolute atomic E-state index is 12.8. The van der Waals surface area contributed by atoms with Crippen molar-refractivity contribution in [2.75, 3.05) is 5.32 Å². The molecule has 2 atom stereocenters. The largest absolute Gasteiger partial charge is 0.489 e. The SMILES string of the molecule is Cc1cccc(NC(=O)N2C3CCC2CC(Oc2cccnc2)C3)c1. The smallest absolute Gasteiger partial charge is 0.322 e. The molecule has 5 heteroatoms. The Morgan fingerprint density at radius 3 is 2.68 bits per heavy atom. The van der Waals surface area contributed by atoms with Crippen LogP contribution in [0.25, 0.3) is 0 Å². The Morgan fingerprint density at radius 2 is 2.00 bits per heavy atom. The van der Waals surface area contributed by atoms with Crippen LogP contribution in [0.4, 0.5) is 10.5 Å². The average Bonchev–Trinajstić information content (AvgIpc) is 2.87. The van der Waals surface area contributed by atoms with Crippen LogP contribution in [0.5, 0.6) is 5.75 Å². The summed E-state index contributed by atoms with van der Waals surface area (Å²) >= 11 is 0. The molecule has 2 amide bonds. The summed E-state index contributed by atoms with van der Waals surface area (Å²) < 4.78 is 6.08. The molecule has 5 nitrogen and oxygen atoms in total. The lowest BCUT2D eigenvalue weighted by Gasteiger charge is -2.38. The first-order valence-corrected chi connectivity index (χ1v) is 8.92. The van der Waals surface area contributed by atoms with Crippen molar-refractivity contribution in [2.24, 2.45) is 0 Å². The van der Waals surface area contributed by atoms with Gasteiger partial charge >= 0.3 is 6.03 Å². The van der Waals surface area contributed by atoms with E-state index in [2.05, 4.69) is 10.3 Å². The molecule has 3 heterocycles. The van der Waals surface area contributed by atoms with Crippen LogP contribution in [0, 0.1) is 6.92 Å². The number of carbonyl (C=O) groups excluding carboxylic acids is 1. The van der Waals surface area contributed by atoms with Gasteiger partial charge < -0.3 is 15.0 Å². The normalized spacial score (nSPS) is 24.8. The molecule has 2 fully saturated rings. The van der Waals surface area contributed by atoms with Crippen LogP contribution in [0.1, 0.15) is 31.2 Å². The summed E-state index contributed by atoms with van der Waals surface area (Å²) in [5.74, 6) is 0.810. The van der Waals surface area contributed by atoms with Crippen LogP contribution < -0.4 is 10.1 Å². The van der Waals surface area contributed by atoms with Gasteiger partial charge in [0.25, 0.3) is 0 Å². The van der Waals surface area contributed by atoms with Crippen molar-refractivity contribution in [3.05, 3.63) is 54.4 Å². The molecule has 2 saturated heterocycles. The predicted octanol–water partition coefficient (Wildman–Crippen LogP) is 4.00. The van der Waals surface area contributed by atoms with Crippen molar-refractivity contribution in [3.63, 3.8) is 0 Å². The third-order valence-corrected chi connectivity index (χ3v) is 5.13. The van der Waals surface area contributed by atoms with Crippen LogP contribution >= 0.6 is 0 Å². The number of pyridine rings is 1. The number of benzene rings is 1. The van der Waals surface area contributed by atoms with E-state index in [1.165, 1.54) is 0 Å². The van der Waals surface area contributed by atoms with E-state index in [0.29, 0.717) is 0 Å². The number of nitrogens with one attached hydrogen (secondary N) is 1. The summed E-state index contributed by atoms with van der Waals surface area (Å²) in [4.78, 5) is 18.9. The number of hydrogen-bond donors (Lipinski definition) is 1. The number of amides is 2. The highest BCUT2D eigenvalue weighted by Gasteiger charge is 2.44. The van der Waals surface area contributed by atoms with Gasteiger partial charge in [0.15, 0.2) is 0 Å². The van der Waals surface area contributed by atoms with Gasteiger partial charge in [-0.3, -0.25) is 4.98 Å². The van der Waals surface area contributed by atoms with Gasteiger partial charge in [0.1, 0.15) is 11.9 Å². The number of nitrogens with zero attached hydrogens (tertiary/aromatic N) is 2. The van der Waals surface area contributed by atoms with E-state index in [1.807, 2.05) is 48.2 Å². The number of piperidine rings is 1. The fourth-order valence-corrected chi connectivity index (χ4v) is 4.08. The second-order valence-electron chi connectivity index (χ2n) is 6.99. The van der Waals surface area contributed by atoms with E-state index in [9.17, 15) is 4.79 Å². The molecule has 0 spiro atoms. The number of aryl methyl sites for hydroxylation is 1. The Labute approximate surface area is 148 Å². The van der Waals surface area contributed by atoms with E-state index in [0.717, 1.165) is 42.7 Å². The first-order chi connectivity index (χ1) is 12.2. The molecule has 1 N–H and O–H groups in total. The number of urea groups is 1. The van der Waals surface area contributed by atoms with Crippen LogP contribution in [0.15, 0.2) is 48.8 Å². The van der Waals surface area contributed by atoms with Gasteiger partial charge in [-0.05, 0) is 49.6 Å². The minimum Gasteiger partial charge on any atom is -0.489 e. The Hall–Kier alpha value is -2.56. The predicted molar refractivity (Wildman–Crippen MR) is 96.7 cm³/mol. The Bertz CT molecular complexity index is 736. The van der Waals surface area contributed by atoms with Crippen LogP contribution in [0.3, 0.4) is 0 Å². The number of carbonyl (C=O) groups is 1. The van der Waals surface area contributed by atoms with Crippen molar-refractivity contribution >= 4 is 11.7 Å². The molecule has 1 aromatic heterocycles. The zero-order valence-corrected chi connectivity index (χ0v) is 14.4. The van der Waals surface area contributed by atoms with Gasteiger partial charge in [0.2, 0.25) is 0 Å². The van der Waals surface area contributed by atoms with Crippen molar-refractivity contribution < 1.29 is 9.53 Å². The quantitative estimate of drug-likeness (QED) is 0.921. The maximum atomic E-state index is 12.8. The Balaban J connectivity index is 1.41. The number of anilines is 1. The molecule has 2 aliphatic heterocycles. The molecule has 130 valence electrons. The second kappa shape index (κ2) is 6.75. The van der Waals surface area contributed by atoms with Crippen molar-refractivity contribution in [1.29, 1.82) is 0 Å². The number of fused-ring (bicyclic) bond motifs is 2. The summed E-state index contributed by atoms with van der Waals surface area (Å²) in [6.45, 7) is 2.03. The fraction of sp³-hybridized carbons (Fsp3) is 0.400. The van der Waals surface area contributed by atoms with Crippen LogP contribution in [0.2, 0.25) is 0 Å². The minimum absolute atomic E-state index is 0.0120. The molecule has 0 radical (unpaired) electrons. The molecule has 2 unspecified atom stereocenters. The topological polar surface area (TPSA) is 54.5 Å². The van der Waals surface area contributed by atoms with E-state index < -0.39 is 0 Å². The minimum atomic E-state index is 0.0120. The number of rotatable bonds is 3. The second-order valence-corrected chi connectivity index (χ2v) is 6.99. The molecule has 2 bridgehead atoms. The maximum Gasteiger partial charge on any atom is 0.322 e. The number of hydrogen-bond acceptors (Lipinski definition) is 3. The molecule has 0 aliphatic carbocycles. The zero-order valence-electron chi connectivity index (χ0n) is 14.4. The van der Waals surface area contributed by atoms with E-state index in [4.69, 9.17) is 4.74 Å². The zero-order chi connectivity index (χ0) is 17.2. The van der Waals surface area contributed by atoms with Gasteiger partial charge in [-0.25, -0.2) is 4.79 Å². The van der Waals surface area contributed by atoms with E-state index in [1.54, 1.807) is 12.4 Å². The third-order valence-electron chi connectivity index (χ3n) is 5.13. The average molecular weight is 337 g/mol. The molecular weight excluding hydrogens is 314 g/mol. The summed E-state index contributed by atoms with van der Waals surface area (Å²) in [6.07, 6.45) is 7.52. The van der Waals surface area contributed by atoms with Crippen molar-refractivity contribution in [2.45, 2.75) is 50.8 Å². The lowest BCUT2D eigenvalue weighted by Crippen LogP contribution is -2.50. The molecular formula is C20H23N3O2. The highest BCUT2D eigenvalue weighted by Crippen LogP contribution is 2.37. The first-order valence-electron chi connectivity index (χ1n) is 8.92. The van der Waals surface area contributed by atoms with Gasteiger partial charge in [0, 0.05) is 36.8 Å².